The predicted octanol–water partition coefficient (Wildman–Crippen LogP) is 4.00. The maximum atomic E-state index is 3.59. The van der Waals surface area contributed by atoms with E-state index in [1.54, 1.807) is 5.19 Å². The average Bonchev–Trinajstić information content (AvgIpc) is 2.28. The summed E-state index contributed by atoms with van der Waals surface area (Å²) < 4.78 is 0. The summed E-state index contributed by atoms with van der Waals surface area (Å²) in [7, 11) is -1.15. The van der Waals surface area contributed by atoms with Crippen LogP contribution in [0.3, 0.4) is 0 Å². The summed E-state index contributed by atoms with van der Waals surface area (Å²) in [5.41, 5.74) is 1.75. The first-order valence-electron chi connectivity index (χ1n) is 7.43. The van der Waals surface area contributed by atoms with E-state index in [2.05, 4.69) is 76.9 Å². The highest BCUT2D eigenvalue weighted by Gasteiger charge is 2.21. The van der Waals surface area contributed by atoms with Gasteiger partial charge in [-0.2, -0.15) is 0 Å². The molecule has 1 N–H and O–H groups in total. The van der Waals surface area contributed by atoms with E-state index in [0.717, 1.165) is 13.1 Å². The standard InChI is InChI=1S/C17H31NSi/c1-14(2)17(3,4)13-18-12-15-8-10-16(11-9-15)19(5,6)7/h8-11,14,18H,12-13H2,1-7H3. The molecule has 0 aliphatic rings. The third-order valence-electron chi connectivity index (χ3n) is 4.29. The quantitative estimate of drug-likeness (QED) is 0.775. The molecule has 0 saturated carbocycles. The fraction of sp³-hybridized carbons (Fsp3) is 0.647. The Bertz CT molecular complexity index is 385. The highest BCUT2D eigenvalue weighted by atomic mass is 28.3. The van der Waals surface area contributed by atoms with E-state index in [1.807, 2.05) is 0 Å². The van der Waals surface area contributed by atoms with Gasteiger partial charge >= 0.3 is 0 Å². The van der Waals surface area contributed by atoms with Crippen molar-refractivity contribution in [3.8, 4) is 0 Å². The molecule has 19 heavy (non-hydrogen) atoms. The van der Waals surface area contributed by atoms with Gasteiger partial charge in [-0.25, -0.2) is 0 Å². The Morgan fingerprint density at radius 1 is 1.05 bits per heavy atom. The second-order valence-corrected chi connectivity index (χ2v) is 12.8. The maximum absolute atomic E-state index is 3.59. The largest absolute Gasteiger partial charge is 0.312 e. The molecule has 2 heteroatoms. The van der Waals surface area contributed by atoms with Crippen LogP contribution in [0.1, 0.15) is 33.3 Å². The molecule has 0 amide bonds. The van der Waals surface area contributed by atoms with Gasteiger partial charge in [-0.15, -0.1) is 0 Å². The van der Waals surface area contributed by atoms with Crippen LogP contribution in [0.15, 0.2) is 24.3 Å². The van der Waals surface area contributed by atoms with Crippen molar-refractivity contribution >= 4 is 13.3 Å². The Labute approximate surface area is 120 Å². The van der Waals surface area contributed by atoms with Gasteiger partial charge in [0, 0.05) is 13.1 Å². The summed E-state index contributed by atoms with van der Waals surface area (Å²) in [5, 5.41) is 5.13. The van der Waals surface area contributed by atoms with Crippen molar-refractivity contribution in [2.45, 2.75) is 53.9 Å². The summed E-state index contributed by atoms with van der Waals surface area (Å²) in [6, 6.07) is 9.19. The van der Waals surface area contributed by atoms with Crippen LogP contribution in [-0.4, -0.2) is 14.6 Å². The van der Waals surface area contributed by atoms with Gasteiger partial charge < -0.3 is 5.32 Å². The average molecular weight is 278 g/mol. The van der Waals surface area contributed by atoms with E-state index >= 15 is 0 Å². The monoisotopic (exact) mass is 277 g/mol. The summed E-state index contributed by atoms with van der Waals surface area (Å²) in [4.78, 5) is 0. The fourth-order valence-electron chi connectivity index (χ4n) is 1.86. The van der Waals surface area contributed by atoms with Crippen molar-refractivity contribution in [1.82, 2.24) is 5.32 Å². The molecule has 1 nitrogen and oxygen atoms in total. The zero-order valence-corrected chi connectivity index (χ0v) is 14.8. The van der Waals surface area contributed by atoms with Gasteiger partial charge in [-0.3, -0.25) is 0 Å². The molecule has 0 fully saturated rings. The minimum Gasteiger partial charge on any atom is -0.312 e. The van der Waals surface area contributed by atoms with E-state index in [-0.39, 0.29) is 0 Å². The number of rotatable bonds is 6. The third-order valence-corrected chi connectivity index (χ3v) is 6.36. The van der Waals surface area contributed by atoms with Crippen molar-refractivity contribution in [1.29, 1.82) is 0 Å². The van der Waals surface area contributed by atoms with E-state index in [4.69, 9.17) is 0 Å². The van der Waals surface area contributed by atoms with Gasteiger partial charge in [0.2, 0.25) is 0 Å². The normalized spacial score (nSPS) is 13.1. The molecule has 0 aliphatic carbocycles. The fourth-order valence-corrected chi connectivity index (χ4v) is 3.02. The third kappa shape index (κ3) is 5.11. The van der Waals surface area contributed by atoms with Crippen LogP contribution in [0.2, 0.25) is 19.6 Å². The zero-order valence-electron chi connectivity index (χ0n) is 13.8. The molecule has 1 aromatic carbocycles. The lowest BCUT2D eigenvalue weighted by molar-refractivity contribution is 0.238. The van der Waals surface area contributed by atoms with Crippen LogP contribution < -0.4 is 10.5 Å². The van der Waals surface area contributed by atoms with Crippen molar-refractivity contribution in [2.24, 2.45) is 11.3 Å². The highest BCUT2D eigenvalue weighted by molar-refractivity contribution is 6.88. The van der Waals surface area contributed by atoms with E-state index < -0.39 is 8.07 Å². The molecule has 1 rings (SSSR count). The second-order valence-electron chi connectivity index (χ2n) is 7.69. The van der Waals surface area contributed by atoms with Crippen molar-refractivity contribution in [3.63, 3.8) is 0 Å². The second kappa shape index (κ2) is 6.23. The van der Waals surface area contributed by atoms with E-state index in [0.29, 0.717) is 11.3 Å². The van der Waals surface area contributed by atoms with E-state index in [9.17, 15) is 0 Å². The predicted molar refractivity (Wildman–Crippen MR) is 89.7 cm³/mol. The molecule has 0 bridgehead atoms. The first kappa shape index (κ1) is 16.5. The van der Waals surface area contributed by atoms with Gasteiger partial charge in [0.25, 0.3) is 0 Å². The number of benzene rings is 1. The molecule has 108 valence electrons. The molecule has 0 saturated heterocycles. The van der Waals surface area contributed by atoms with Gasteiger partial charge in [0.15, 0.2) is 0 Å². The van der Waals surface area contributed by atoms with Gasteiger partial charge in [0.1, 0.15) is 0 Å². The lowest BCUT2D eigenvalue weighted by Crippen LogP contribution is -2.37. The van der Waals surface area contributed by atoms with Crippen LogP contribution in [0, 0.1) is 11.3 Å². The molecule has 1 aromatic rings. The van der Waals surface area contributed by atoms with Crippen LogP contribution in [0.5, 0.6) is 0 Å². The molecule has 0 heterocycles. The van der Waals surface area contributed by atoms with Crippen molar-refractivity contribution in [2.75, 3.05) is 6.54 Å². The SMILES string of the molecule is CC(C)C(C)(C)CNCc1ccc([Si](C)(C)C)cc1. The summed E-state index contributed by atoms with van der Waals surface area (Å²) >= 11 is 0. The molecular formula is C17H31NSi. The minimum atomic E-state index is -1.15. The van der Waals surface area contributed by atoms with Crippen molar-refractivity contribution in [3.05, 3.63) is 29.8 Å². The summed E-state index contributed by atoms with van der Waals surface area (Å²) in [6.45, 7) is 18.5. The Balaban J connectivity index is 2.52. The summed E-state index contributed by atoms with van der Waals surface area (Å²) in [6.07, 6.45) is 0. The number of hydrogen-bond donors (Lipinski definition) is 1. The lowest BCUT2D eigenvalue weighted by Gasteiger charge is -2.29. The topological polar surface area (TPSA) is 12.0 Å². The molecule has 0 unspecified atom stereocenters. The molecular weight excluding hydrogens is 246 g/mol. The molecule has 0 radical (unpaired) electrons. The Hall–Kier alpha value is -0.603. The molecule has 0 spiro atoms. The van der Waals surface area contributed by atoms with Gasteiger partial charge in [0.05, 0.1) is 8.07 Å². The highest BCUT2D eigenvalue weighted by Crippen LogP contribution is 2.24. The first-order chi connectivity index (χ1) is 8.63. The van der Waals surface area contributed by atoms with E-state index in [1.165, 1.54) is 5.56 Å². The Morgan fingerprint density at radius 3 is 2.00 bits per heavy atom. The summed E-state index contributed by atoms with van der Waals surface area (Å²) in [5.74, 6) is 0.703. The number of hydrogen-bond acceptors (Lipinski definition) is 1. The molecule has 0 aliphatic heterocycles. The maximum Gasteiger partial charge on any atom is 0.0775 e. The lowest BCUT2D eigenvalue weighted by atomic mass is 9.81. The minimum absolute atomic E-state index is 0.359. The zero-order chi connectivity index (χ0) is 14.7. The molecule has 0 atom stereocenters. The van der Waals surface area contributed by atoms with Crippen LogP contribution >= 0.6 is 0 Å². The van der Waals surface area contributed by atoms with Crippen LogP contribution in [0.25, 0.3) is 0 Å². The molecule has 0 aromatic heterocycles. The van der Waals surface area contributed by atoms with Crippen LogP contribution in [-0.2, 0) is 6.54 Å². The smallest absolute Gasteiger partial charge is 0.0775 e. The Kier molecular flexibility index (Phi) is 5.40. The number of nitrogens with one attached hydrogen (secondary N) is 1. The van der Waals surface area contributed by atoms with Gasteiger partial charge in [-0.1, -0.05) is 76.8 Å². The first-order valence-corrected chi connectivity index (χ1v) is 10.9. The van der Waals surface area contributed by atoms with Crippen molar-refractivity contribution < 1.29 is 0 Å². The van der Waals surface area contributed by atoms with Crippen LogP contribution in [0.4, 0.5) is 0 Å². The van der Waals surface area contributed by atoms with Gasteiger partial charge in [-0.05, 0) is 16.9 Å². The Morgan fingerprint density at radius 2 is 1.58 bits per heavy atom.